The van der Waals surface area contributed by atoms with Gasteiger partial charge in [-0.05, 0) is 121 Å². The van der Waals surface area contributed by atoms with Gasteiger partial charge in [-0.25, -0.2) is 0 Å². The van der Waals surface area contributed by atoms with Crippen LogP contribution in [0.2, 0.25) is 0 Å². The van der Waals surface area contributed by atoms with E-state index in [-0.39, 0.29) is 0 Å². The van der Waals surface area contributed by atoms with Gasteiger partial charge in [-0.1, -0.05) is 250 Å². The van der Waals surface area contributed by atoms with Gasteiger partial charge in [0.1, 0.15) is 0 Å². The number of unbranched alkanes of at least 4 members (excludes halogenated alkanes) is 1. The molecule has 2 aromatic carbocycles. The number of benzene rings is 2. The molecule has 0 radical (unpaired) electrons. The van der Waals surface area contributed by atoms with Crippen LogP contribution in [0.15, 0.2) is 54.6 Å². The zero-order valence-corrected chi connectivity index (χ0v) is 43.9. The average molecular weight is 808 g/mol. The summed E-state index contributed by atoms with van der Waals surface area (Å²) in [6, 6.07) is 19.4. The summed E-state index contributed by atoms with van der Waals surface area (Å²) in [6.07, 6.45) is 19.7. The normalized spacial score (nSPS) is 13.6. The van der Waals surface area contributed by atoms with E-state index in [0.29, 0.717) is 5.41 Å². The lowest BCUT2D eigenvalue weighted by molar-refractivity contribution is 0.264. The summed E-state index contributed by atoms with van der Waals surface area (Å²) >= 11 is 0. The third-order valence-electron chi connectivity index (χ3n) is 9.88. The van der Waals surface area contributed by atoms with Crippen molar-refractivity contribution in [3.63, 3.8) is 0 Å². The number of aryl methyl sites for hydroxylation is 1. The number of hydrogen-bond donors (Lipinski definition) is 0. The molecule has 0 nitrogen and oxygen atoms in total. The molecule has 2 saturated carbocycles. The van der Waals surface area contributed by atoms with Crippen LogP contribution < -0.4 is 0 Å². The Morgan fingerprint density at radius 2 is 0.897 bits per heavy atom. The molecule has 58 heavy (non-hydrogen) atoms. The van der Waals surface area contributed by atoms with Gasteiger partial charge < -0.3 is 0 Å². The number of hydrogen-bond acceptors (Lipinski definition) is 0. The van der Waals surface area contributed by atoms with Crippen LogP contribution >= 0.6 is 0 Å². The second kappa shape index (κ2) is 37.2. The lowest BCUT2D eigenvalue weighted by atomic mass is 9.80. The Bertz CT molecular complexity index is 1060. The minimum Gasteiger partial charge on any atom is -0.0654 e. The van der Waals surface area contributed by atoms with Crippen molar-refractivity contribution in [2.45, 2.75) is 235 Å². The highest BCUT2D eigenvalue weighted by molar-refractivity contribution is 5.21. The Morgan fingerprint density at radius 3 is 1.10 bits per heavy atom. The van der Waals surface area contributed by atoms with Gasteiger partial charge in [0, 0.05) is 0 Å². The molecule has 0 unspecified atom stereocenters. The van der Waals surface area contributed by atoms with E-state index in [1.807, 2.05) is 0 Å². The van der Waals surface area contributed by atoms with Crippen LogP contribution in [0, 0.1) is 71.5 Å². The lowest BCUT2D eigenvalue weighted by Crippen LogP contribution is -2.12. The first-order valence-corrected chi connectivity index (χ1v) is 25.0. The molecule has 2 fully saturated rings. The first-order chi connectivity index (χ1) is 26.9. The van der Waals surface area contributed by atoms with Gasteiger partial charge in [0.2, 0.25) is 0 Å². The Morgan fingerprint density at radius 1 is 0.483 bits per heavy atom. The highest BCUT2D eigenvalue weighted by atomic mass is 14.3. The van der Waals surface area contributed by atoms with E-state index in [2.05, 4.69) is 200 Å². The molecule has 0 saturated heterocycles. The Balaban J connectivity index is -0.000000613. The Labute approximate surface area is 369 Å². The lowest BCUT2D eigenvalue weighted by Gasteiger charge is -2.26. The van der Waals surface area contributed by atoms with E-state index < -0.39 is 0 Å². The summed E-state index contributed by atoms with van der Waals surface area (Å²) in [5.74, 6) is 9.12. The minimum absolute atomic E-state index is 0.522. The second-order valence-electron chi connectivity index (χ2n) is 22.9. The first kappa shape index (κ1) is 60.7. The van der Waals surface area contributed by atoms with Crippen molar-refractivity contribution in [2.75, 3.05) is 0 Å². The molecule has 4 rings (SSSR count). The largest absolute Gasteiger partial charge is 0.0654 e. The molecule has 2 aliphatic rings. The van der Waals surface area contributed by atoms with Crippen LogP contribution in [-0.2, 0) is 12.8 Å². The molecule has 0 aliphatic heterocycles. The van der Waals surface area contributed by atoms with Gasteiger partial charge >= 0.3 is 0 Å². The van der Waals surface area contributed by atoms with Crippen LogP contribution in [-0.4, -0.2) is 0 Å². The maximum absolute atomic E-state index is 2.32. The van der Waals surface area contributed by atoms with Gasteiger partial charge in [-0.2, -0.15) is 0 Å². The summed E-state index contributed by atoms with van der Waals surface area (Å²) < 4.78 is 0. The van der Waals surface area contributed by atoms with Crippen LogP contribution in [0.1, 0.15) is 232 Å². The fraction of sp³-hybridized carbons (Fsp3) is 0.793. The molecule has 0 heterocycles. The van der Waals surface area contributed by atoms with Gasteiger partial charge in [-0.3, -0.25) is 0 Å². The molecule has 2 aliphatic carbocycles. The summed E-state index contributed by atoms with van der Waals surface area (Å²) in [5.41, 5.74) is 4.76. The molecule has 0 spiro atoms. The van der Waals surface area contributed by atoms with Crippen molar-refractivity contribution in [3.8, 4) is 0 Å². The van der Waals surface area contributed by atoms with Gasteiger partial charge in [0.05, 0.1) is 0 Å². The van der Waals surface area contributed by atoms with Crippen LogP contribution in [0.5, 0.6) is 0 Å². The predicted molar refractivity (Wildman–Crippen MR) is 271 cm³/mol. The molecule has 0 heteroatoms. The van der Waals surface area contributed by atoms with Crippen molar-refractivity contribution in [1.29, 1.82) is 0 Å². The molecular weight excluding hydrogens is 697 g/mol. The van der Waals surface area contributed by atoms with E-state index in [0.717, 1.165) is 59.2 Å². The van der Waals surface area contributed by atoms with Crippen LogP contribution in [0.25, 0.3) is 0 Å². The highest BCUT2D eigenvalue weighted by Gasteiger charge is 2.21. The monoisotopic (exact) mass is 807 g/mol. The molecule has 0 amide bonds. The van der Waals surface area contributed by atoms with Crippen molar-refractivity contribution in [2.24, 2.45) is 64.6 Å². The molecule has 0 bridgehead atoms. The maximum Gasteiger partial charge on any atom is -0.0256 e. The molecular formula is C58H110. The van der Waals surface area contributed by atoms with Gasteiger partial charge in [0.15, 0.2) is 0 Å². The van der Waals surface area contributed by atoms with Crippen LogP contribution in [0.4, 0.5) is 0 Å². The summed E-state index contributed by atoms with van der Waals surface area (Å²) in [4.78, 5) is 0. The van der Waals surface area contributed by atoms with Crippen molar-refractivity contribution >= 4 is 0 Å². The standard InChI is InChI=1S/C11H16.C10H14.C8H16.C8H18.C7H14.2C7H16/c1-9(2)8-11-6-4-10(3)5-7-11;1-9(2)8-10-6-4-3-5-7-10;1-7(2)6-8-4-3-5-8;1-7(2)6-8(3,4)5;1-6(2)5-7-3-4-7;1-6(2)5-7(3)4;1-4-5-6-7(2)3/h4-7,9H,8H2,1-3H3;3-7,9H,8H2,1-2H3;7-8H,3-6H2,1-2H3;7H,6H2,1-5H3;6-7H,3-5H2,1-2H3;6-7H,5H2,1-4H3;7H,4-6H2,1-3H3. The first-order valence-electron chi connectivity index (χ1n) is 25.0. The number of rotatable bonds is 14. The zero-order chi connectivity index (χ0) is 45.3. The van der Waals surface area contributed by atoms with Crippen molar-refractivity contribution < 1.29 is 0 Å². The van der Waals surface area contributed by atoms with E-state index in [1.165, 1.54) is 107 Å². The zero-order valence-electron chi connectivity index (χ0n) is 43.9. The fourth-order valence-electron chi connectivity index (χ4n) is 7.48. The SMILES string of the molecule is CC(C)CC(C)(C)C.CC(C)CC(C)C.CC(C)CC1CC1.CC(C)CC1CCC1.CC(C)Cc1ccccc1.CCCCC(C)C.Cc1ccc(CC(C)C)cc1. The molecule has 0 atom stereocenters. The van der Waals surface area contributed by atoms with E-state index in [9.17, 15) is 0 Å². The third-order valence-corrected chi connectivity index (χ3v) is 9.88. The van der Waals surface area contributed by atoms with Crippen LogP contribution in [0.3, 0.4) is 0 Å². The molecule has 342 valence electrons. The fourth-order valence-corrected chi connectivity index (χ4v) is 7.48. The quantitative estimate of drug-likeness (QED) is 0.178. The summed E-state index contributed by atoms with van der Waals surface area (Å²) in [7, 11) is 0. The summed E-state index contributed by atoms with van der Waals surface area (Å²) in [5, 5.41) is 0. The smallest absolute Gasteiger partial charge is 0.0256 e. The Hall–Kier alpha value is -1.56. The van der Waals surface area contributed by atoms with Gasteiger partial charge in [-0.15, -0.1) is 0 Å². The Kier molecular flexibility index (Phi) is 39.0. The van der Waals surface area contributed by atoms with Crippen molar-refractivity contribution in [3.05, 3.63) is 71.3 Å². The third kappa shape index (κ3) is 52.5. The molecule has 0 aromatic heterocycles. The predicted octanol–water partition coefficient (Wildman–Crippen LogP) is 20.0. The topological polar surface area (TPSA) is 0 Å². The average Bonchev–Trinajstić information content (AvgIpc) is 3.86. The summed E-state index contributed by atoms with van der Waals surface area (Å²) in [6.45, 7) is 47.6. The molecule has 0 N–H and O–H groups in total. The van der Waals surface area contributed by atoms with E-state index >= 15 is 0 Å². The van der Waals surface area contributed by atoms with Gasteiger partial charge in [0.25, 0.3) is 0 Å². The highest BCUT2D eigenvalue weighted by Crippen LogP contribution is 2.35. The van der Waals surface area contributed by atoms with E-state index in [4.69, 9.17) is 0 Å². The maximum atomic E-state index is 2.32. The molecule has 2 aromatic rings. The van der Waals surface area contributed by atoms with Crippen molar-refractivity contribution in [1.82, 2.24) is 0 Å². The minimum atomic E-state index is 0.522. The van der Waals surface area contributed by atoms with E-state index in [1.54, 1.807) is 0 Å². The second-order valence-corrected chi connectivity index (χ2v) is 22.9.